The van der Waals surface area contributed by atoms with Gasteiger partial charge in [-0.05, 0) is 24.3 Å². The van der Waals surface area contributed by atoms with E-state index in [0.717, 1.165) is 16.1 Å². The Morgan fingerprint density at radius 1 is 0.970 bits per heavy atom. The first-order chi connectivity index (χ1) is 15.9. The summed E-state index contributed by atoms with van der Waals surface area (Å²) in [5.74, 6) is 1.10. The third kappa shape index (κ3) is 6.23. The van der Waals surface area contributed by atoms with Crippen LogP contribution < -0.4 is 14.2 Å². The number of methoxy groups -OCH3 is 3. The van der Waals surface area contributed by atoms with E-state index in [1.54, 1.807) is 39.8 Å². The van der Waals surface area contributed by atoms with Gasteiger partial charge < -0.3 is 23.8 Å². The third-order valence-corrected chi connectivity index (χ3v) is 5.83. The molecule has 0 unspecified atom stereocenters. The maximum Gasteiger partial charge on any atom is 0.312 e. The molecule has 1 heterocycles. The summed E-state index contributed by atoms with van der Waals surface area (Å²) in [4.78, 5) is 30.6. The number of aromatic nitrogens is 1. The number of hydrogen-bond acceptors (Lipinski definition) is 8. The molecule has 0 aliphatic heterocycles. The van der Waals surface area contributed by atoms with Crippen LogP contribution in [-0.2, 0) is 27.3 Å². The van der Waals surface area contributed by atoms with Crippen molar-refractivity contribution in [2.45, 2.75) is 13.0 Å². The molecule has 0 radical (unpaired) electrons. The summed E-state index contributed by atoms with van der Waals surface area (Å²) in [7, 11) is 6.38. The summed E-state index contributed by atoms with van der Waals surface area (Å²) in [6.45, 7) is 0.0122. The van der Waals surface area contributed by atoms with E-state index in [1.807, 2.05) is 36.4 Å². The molecule has 174 valence electrons. The first-order valence-electron chi connectivity index (χ1n) is 10.1. The number of thiazole rings is 1. The van der Waals surface area contributed by atoms with Gasteiger partial charge >= 0.3 is 5.97 Å². The van der Waals surface area contributed by atoms with Crippen LogP contribution in [0.1, 0.15) is 11.3 Å². The van der Waals surface area contributed by atoms with E-state index >= 15 is 0 Å². The smallest absolute Gasteiger partial charge is 0.312 e. The van der Waals surface area contributed by atoms with E-state index in [9.17, 15) is 9.59 Å². The van der Waals surface area contributed by atoms with Crippen LogP contribution in [-0.4, -0.2) is 56.7 Å². The fourth-order valence-corrected chi connectivity index (χ4v) is 3.94. The van der Waals surface area contributed by atoms with Gasteiger partial charge in [0.15, 0.2) is 18.1 Å². The molecule has 33 heavy (non-hydrogen) atoms. The van der Waals surface area contributed by atoms with Gasteiger partial charge in [-0.15, -0.1) is 11.3 Å². The van der Waals surface area contributed by atoms with Crippen molar-refractivity contribution in [3.8, 4) is 27.8 Å². The van der Waals surface area contributed by atoms with E-state index in [1.165, 1.54) is 16.2 Å². The van der Waals surface area contributed by atoms with E-state index in [2.05, 4.69) is 4.98 Å². The Balaban J connectivity index is 1.53. The molecule has 3 rings (SSSR count). The Labute approximate surface area is 196 Å². The molecule has 1 amide bonds. The van der Waals surface area contributed by atoms with Crippen molar-refractivity contribution in [2.75, 3.05) is 35.0 Å². The lowest BCUT2D eigenvalue weighted by molar-refractivity contribution is -0.151. The largest absolute Gasteiger partial charge is 0.496 e. The molecule has 9 heteroatoms. The second kappa shape index (κ2) is 11.3. The fourth-order valence-electron chi connectivity index (χ4n) is 3.12. The predicted octanol–water partition coefficient (Wildman–Crippen LogP) is 3.58. The quantitative estimate of drug-likeness (QED) is 0.419. The van der Waals surface area contributed by atoms with E-state index in [4.69, 9.17) is 18.9 Å². The van der Waals surface area contributed by atoms with Gasteiger partial charge in [0, 0.05) is 30.1 Å². The first kappa shape index (κ1) is 24.1. The third-order valence-electron chi connectivity index (χ3n) is 4.89. The zero-order valence-electron chi connectivity index (χ0n) is 19.0. The first-order valence-corrected chi connectivity index (χ1v) is 11.0. The van der Waals surface area contributed by atoms with Crippen molar-refractivity contribution >= 4 is 23.2 Å². The average molecular weight is 471 g/mol. The minimum atomic E-state index is -0.516. The van der Waals surface area contributed by atoms with Crippen molar-refractivity contribution in [1.82, 2.24) is 9.88 Å². The van der Waals surface area contributed by atoms with Gasteiger partial charge in [-0.3, -0.25) is 9.59 Å². The van der Waals surface area contributed by atoms with Gasteiger partial charge in [0.25, 0.3) is 5.91 Å². The van der Waals surface area contributed by atoms with Crippen LogP contribution in [0.5, 0.6) is 17.2 Å². The van der Waals surface area contributed by atoms with Crippen molar-refractivity contribution in [3.05, 3.63) is 59.1 Å². The molecule has 0 spiro atoms. The molecule has 0 bridgehead atoms. The van der Waals surface area contributed by atoms with Gasteiger partial charge in [0.05, 0.1) is 33.4 Å². The zero-order valence-corrected chi connectivity index (χ0v) is 19.8. The highest BCUT2D eigenvalue weighted by molar-refractivity contribution is 7.13. The van der Waals surface area contributed by atoms with E-state index in [-0.39, 0.29) is 18.9 Å². The van der Waals surface area contributed by atoms with Crippen LogP contribution in [0.15, 0.2) is 47.8 Å². The maximum absolute atomic E-state index is 12.4. The summed E-state index contributed by atoms with van der Waals surface area (Å²) in [5, 5.41) is 2.54. The normalized spacial score (nSPS) is 10.4. The molecule has 0 saturated heterocycles. The zero-order chi connectivity index (χ0) is 23.8. The maximum atomic E-state index is 12.4. The highest BCUT2D eigenvalue weighted by atomic mass is 32.1. The highest BCUT2D eigenvalue weighted by Gasteiger charge is 2.16. The summed E-state index contributed by atoms with van der Waals surface area (Å²) < 4.78 is 21.1. The van der Waals surface area contributed by atoms with Gasteiger partial charge in [0.1, 0.15) is 10.8 Å². The molecule has 1 aromatic heterocycles. The Morgan fingerprint density at radius 2 is 1.70 bits per heavy atom. The van der Waals surface area contributed by atoms with E-state index < -0.39 is 5.97 Å². The van der Waals surface area contributed by atoms with Crippen LogP contribution in [0, 0.1) is 0 Å². The molecule has 0 saturated carbocycles. The molecular weight excluding hydrogens is 444 g/mol. The number of para-hydroxylation sites is 1. The fraction of sp³-hybridized carbons (Fsp3) is 0.292. The van der Waals surface area contributed by atoms with Gasteiger partial charge in [0.2, 0.25) is 0 Å². The van der Waals surface area contributed by atoms with Crippen LogP contribution >= 0.6 is 11.3 Å². The Hall–Kier alpha value is -3.59. The molecule has 8 nitrogen and oxygen atoms in total. The number of benzene rings is 2. The number of carbonyl (C=O) groups is 2. The molecule has 0 fully saturated rings. The van der Waals surface area contributed by atoms with Gasteiger partial charge in [-0.2, -0.15) is 0 Å². The Morgan fingerprint density at radius 3 is 2.42 bits per heavy atom. The molecular formula is C24H26N2O6S. The second-order valence-electron chi connectivity index (χ2n) is 7.11. The minimum Gasteiger partial charge on any atom is -0.496 e. The Bertz CT molecular complexity index is 1110. The number of likely N-dealkylation sites (N-methyl/N-ethyl adjacent to an activating group) is 1. The standard InChI is InChI=1S/C24H26N2O6S/c1-26(13-17-7-5-6-8-19(17)29-2)22(27)14-32-23(28)12-18-15-33-24(25-18)16-9-10-20(30-3)21(11-16)31-4/h5-11,15H,12-14H2,1-4H3. The number of carbonyl (C=O) groups excluding carboxylic acids is 2. The summed E-state index contributed by atoms with van der Waals surface area (Å²) >= 11 is 1.41. The van der Waals surface area contributed by atoms with Crippen LogP contribution in [0.3, 0.4) is 0 Å². The van der Waals surface area contributed by atoms with Crippen LogP contribution in [0.4, 0.5) is 0 Å². The summed E-state index contributed by atoms with van der Waals surface area (Å²) in [6.07, 6.45) is -0.0205. The van der Waals surface area contributed by atoms with Crippen molar-refractivity contribution < 1.29 is 28.5 Å². The molecule has 0 atom stereocenters. The molecule has 2 aromatic carbocycles. The highest BCUT2D eigenvalue weighted by Crippen LogP contribution is 2.33. The molecule has 0 aliphatic rings. The van der Waals surface area contributed by atoms with Gasteiger partial charge in [-0.25, -0.2) is 4.98 Å². The number of ether oxygens (including phenoxy) is 4. The SMILES string of the molecule is COc1ccccc1CN(C)C(=O)COC(=O)Cc1csc(-c2ccc(OC)c(OC)c2)n1. The van der Waals surface area contributed by atoms with Crippen LogP contribution in [0.2, 0.25) is 0 Å². The number of esters is 1. The predicted molar refractivity (Wildman–Crippen MR) is 125 cm³/mol. The van der Waals surface area contributed by atoms with E-state index in [0.29, 0.717) is 29.5 Å². The summed E-state index contributed by atoms with van der Waals surface area (Å²) in [6, 6.07) is 13.0. The number of amides is 1. The Kier molecular flexibility index (Phi) is 8.26. The lowest BCUT2D eigenvalue weighted by atomic mass is 10.2. The molecule has 3 aromatic rings. The van der Waals surface area contributed by atoms with Crippen molar-refractivity contribution in [2.24, 2.45) is 0 Å². The van der Waals surface area contributed by atoms with Crippen LogP contribution in [0.25, 0.3) is 10.6 Å². The molecule has 0 aliphatic carbocycles. The number of rotatable bonds is 10. The van der Waals surface area contributed by atoms with Crippen molar-refractivity contribution in [1.29, 1.82) is 0 Å². The van der Waals surface area contributed by atoms with Gasteiger partial charge in [-0.1, -0.05) is 18.2 Å². The van der Waals surface area contributed by atoms with Crippen molar-refractivity contribution in [3.63, 3.8) is 0 Å². The molecule has 0 N–H and O–H groups in total. The lowest BCUT2D eigenvalue weighted by Gasteiger charge is -2.18. The monoisotopic (exact) mass is 470 g/mol. The minimum absolute atomic E-state index is 0.0205. The average Bonchev–Trinajstić information content (AvgIpc) is 3.30. The second-order valence-corrected chi connectivity index (χ2v) is 7.97. The number of hydrogen-bond donors (Lipinski definition) is 0. The topological polar surface area (TPSA) is 87.2 Å². The number of nitrogens with zero attached hydrogens (tertiary/aromatic N) is 2. The summed E-state index contributed by atoms with van der Waals surface area (Å²) in [5.41, 5.74) is 2.29. The lowest BCUT2D eigenvalue weighted by Crippen LogP contribution is -2.31.